The minimum Gasteiger partial charge on any atom is -0.423 e. The molecule has 158 valence electrons. The Hall–Kier alpha value is -3.55. The third-order valence-corrected chi connectivity index (χ3v) is 6.11. The molecule has 1 aliphatic heterocycles. The molecule has 3 aromatic rings. The number of fused-ring (bicyclic) bond motifs is 2. The van der Waals surface area contributed by atoms with Crippen molar-refractivity contribution >= 4 is 22.9 Å². The molecule has 0 saturated carbocycles. The van der Waals surface area contributed by atoms with Gasteiger partial charge in [0.15, 0.2) is 0 Å². The SMILES string of the molecule is C[C@]1(c2cc(F)ccc2F)NC(=O)N(Cc2cc(=O)oc3cc4c(cc23)CCC4)C1=O. The van der Waals surface area contributed by atoms with Gasteiger partial charge in [0.05, 0.1) is 6.54 Å². The number of amides is 3. The maximum Gasteiger partial charge on any atom is 0.336 e. The maximum absolute atomic E-state index is 14.4. The number of carbonyl (C=O) groups is 2. The lowest BCUT2D eigenvalue weighted by Crippen LogP contribution is -2.41. The molecule has 2 heterocycles. The van der Waals surface area contributed by atoms with Gasteiger partial charge >= 0.3 is 11.7 Å². The minimum atomic E-state index is -1.76. The van der Waals surface area contributed by atoms with Crippen LogP contribution in [0, 0.1) is 11.6 Å². The molecule has 31 heavy (non-hydrogen) atoms. The van der Waals surface area contributed by atoms with Gasteiger partial charge in [0, 0.05) is 17.0 Å². The number of nitrogens with one attached hydrogen (secondary N) is 1. The Morgan fingerprint density at radius 2 is 1.81 bits per heavy atom. The van der Waals surface area contributed by atoms with Crippen molar-refractivity contribution in [1.82, 2.24) is 10.2 Å². The van der Waals surface area contributed by atoms with Crippen LogP contribution in [0.15, 0.2) is 45.6 Å². The lowest BCUT2D eigenvalue weighted by atomic mass is 9.91. The van der Waals surface area contributed by atoms with Gasteiger partial charge in [-0.1, -0.05) is 0 Å². The molecule has 1 atom stereocenters. The molecule has 8 heteroatoms. The third kappa shape index (κ3) is 3.01. The standard InChI is InChI=1S/C23H18F2N2O4/c1-23(17-10-15(24)5-6-18(17)25)21(29)27(22(30)26-23)11-14-9-20(28)31-19-8-13-4-2-3-12(13)7-16(14)19/h5-10H,2-4,11H2,1H3,(H,26,30)/t23-/m1/s1. The number of carbonyl (C=O) groups excluding carboxylic acids is 2. The fourth-order valence-electron chi connectivity index (χ4n) is 4.50. The van der Waals surface area contributed by atoms with Gasteiger partial charge < -0.3 is 9.73 Å². The van der Waals surface area contributed by atoms with Crippen molar-refractivity contribution in [3.8, 4) is 0 Å². The number of halogens is 2. The molecule has 1 aliphatic carbocycles. The Morgan fingerprint density at radius 3 is 2.58 bits per heavy atom. The molecule has 1 saturated heterocycles. The van der Waals surface area contributed by atoms with Gasteiger partial charge in [-0.2, -0.15) is 0 Å². The van der Waals surface area contributed by atoms with Crippen LogP contribution >= 0.6 is 0 Å². The highest BCUT2D eigenvalue weighted by Gasteiger charge is 2.50. The number of nitrogens with zero attached hydrogens (tertiary/aromatic N) is 1. The molecule has 1 N–H and O–H groups in total. The second-order valence-electron chi connectivity index (χ2n) is 8.13. The Bertz CT molecular complexity index is 1330. The highest BCUT2D eigenvalue weighted by molar-refractivity contribution is 6.07. The normalized spacial score (nSPS) is 20.4. The zero-order valence-electron chi connectivity index (χ0n) is 16.6. The predicted octanol–water partition coefficient (Wildman–Crippen LogP) is 3.53. The van der Waals surface area contributed by atoms with E-state index in [2.05, 4.69) is 5.32 Å². The van der Waals surface area contributed by atoms with E-state index in [1.807, 2.05) is 12.1 Å². The molecule has 0 radical (unpaired) electrons. The highest BCUT2D eigenvalue weighted by Crippen LogP contribution is 2.34. The summed E-state index contributed by atoms with van der Waals surface area (Å²) in [6, 6.07) is 7.01. The molecule has 0 spiro atoms. The van der Waals surface area contributed by atoms with Crippen LogP contribution < -0.4 is 10.9 Å². The van der Waals surface area contributed by atoms with Crippen molar-refractivity contribution in [3.63, 3.8) is 0 Å². The van der Waals surface area contributed by atoms with Gasteiger partial charge in [-0.05, 0) is 73.2 Å². The first kappa shape index (κ1) is 19.4. The minimum absolute atomic E-state index is 0.196. The molecule has 2 aromatic carbocycles. The molecule has 0 bridgehead atoms. The number of benzene rings is 2. The maximum atomic E-state index is 14.4. The van der Waals surface area contributed by atoms with Crippen LogP contribution in [0.25, 0.3) is 11.0 Å². The predicted molar refractivity (Wildman–Crippen MR) is 107 cm³/mol. The fraction of sp³-hybridized carbons (Fsp3) is 0.261. The zero-order chi connectivity index (χ0) is 21.9. The van der Waals surface area contributed by atoms with Crippen LogP contribution in [0.2, 0.25) is 0 Å². The fourth-order valence-corrected chi connectivity index (χ4v) is 4.50. The van der Waals surface area contributed by atoms with Crippen LogP contribution in [0.4, 0.5) is 13.6 Å². The van der Waals surface area contributed by atoms with Gasteiger partial charge in [0.25, 0.3) is 5.91 Å². The van der Waals surface area contributed by atoms with Crippen molar-refractivity contribution in [2.75, 3.05) is 0 Å². The van der Waals surface area contributed by atoms with Gasteiger partial charge in [-0.15, -0.1) is 0 Å². The lowest BCUT2D eigenvalue weighted by Gasteiger charge is -2.23. The molecular weight excluding hydrogens is 406 g/mol. The molecule has 0 unspecified atom stereocenters. The monoisotopic (exact) mass is 424 g/mol. The second kappa shape index (κ2) is 6.73. The molecule has 1 fully saturated rings. The quantitative estimate of drug-likeness (QED) is 0.515. The van der Waals surface area contributed by atoms with Crippen LogP contribution in [-0.4, -0.2) is 16.8 Å². The van der Waals surface area contributed by atoms with E-state index in [1.165, 1.54) is 13.0 Å². The zero-order valence-corrected chi connectivity index (χ0v) is 16.6. The summed E-state index contributed by atoms with van der Waals surface area (Å²) in [4.78, 5) is 38.8. The average Bonchev–Trinajstić information content (AvgIpc) is 3.26. The Labute approximate surface area is 175 Å². The van der Waals surface area contributed by atoms with E-state index in [-0.39, 0.29) is 12.1 Å². The van der Waals surface area contributed by atoms with Crippen molar-refractivity contribution in [2.45, 2.75) is 38.3 Å². The van der Waals surface area contributed by atoms with E-state index in [4.69, 9.17) is 4.42 Å². The van der Waals surface area contributed by atoms with E-state index in [0.717, 1.165) is 53.5 Å². The summed E-state index contributed by atoms with van der Waals surface area (Å²) < 4.78 is 33.4. The smallest absolute Gasteiger partial charge is 0.336 e. The van der Waals surface area contributed by atoms with Gasteiger partial charge in [0.2, 0.25) is 0 Å². The summed E-state index contributed by atoms with van der Waals surface area (Å²) >= 11 is 0. The topological polar surface area (TPSA) is 79.6 Å². The Kier molecular flexibility index (Phi) is 4.22. The van der Waals surface area contributed by atoms with Gasteiger partial charge in [-0.25, -0.2) is 18.4 Å². The van der Waals surface area contributed by atoms with E-state index >= 15 is 0 Å². The van der Waals surface area contributed by atoms with Gasteiger partial charge in [-0.3, -0.25) is 9.69 Å². The third-order valence-electron chi connectivity index (χ3n) is 6.11. The highest BCUT2D eigenvalue weighted by atomic mass is 19.1. The summed E-state index contributed by atoms with van der Waals surface area (Å²) in [6.07, 6.45) is 2.82. The van der Waals surface area contributed by atoms with Crippen molar-refractivity contribution in [2.24, 2.45) is 0 Å². The molecule has 2 aliphatic rings. The van der Waals surface area contributed by atoms with E-state index in [0.29, 0.717) is 16.5 Å². The molecule has 3 amide bonds. The lowest BCUT2D eigenvalue weighted by molar-refractivity contribution is -0.131. The summed E-state index contributed by atoms with van der Waals surface area (Å²) in [5.41, 5.74) is 0.501. The van der Waals surface area contributed by atoms with Crippen molar-refractivity contribution in [3.05, 3.63) is 80.7 Å². The summed E-state index contributed by atoms with van der Waals surface area (Å²) in [5.74, 6) is -2.26. The number of hydrogen-bond acceptors (Lipinski definition) is 4. The molecular formula is C23H18F2N2O4. The average molecular weight is 424 g/mol. The van der Waals surface area contributed by atoms with Crippen LogP contribution in [0.5, 0.6) is 0 Å². The Balaban J connectivity index is 1.56. The first-order chi connectivity index (χ1) is 14.8. The van der Waals surface area contributed by atoms with Crippen molar-refractivity contribution < 1.29 is 22.8 Å². The summed E-state index contributed by atoms with van der Waals surface area (Å²) in [7, 11) is 0. The van der Waals surface area contributed by atoms with Crippen LogP contribution in [0.1, 0.15) is 35.6 Å². The summed E-state index contributed by atoms with van der Waals surface area (Å²) in [6.45, 7) is 1.13. The first-order valence-corrected chi connectivity index (χ1v) is 9.94. The number of rotatable bonds is 3. The number of imide groups is 1. The number of hydrogen-bond donors (Lipinski definition) is 1. The number of urea groups is 1. The Morgan fingerprint density at radius 1 is 1.06 bits per heavy atom. The first-order valence-electron chi connectivity index (χ1n) is 9.94. The van der Waals surface area contributed by atoms with Crippen molar-refractivity contribution in [1.29, 1.82) is 0 Å². The molecule has 6 nitrogen and oxygen atoms in total. The van der Waals surface area contributed by atoms with E-state index < -0.39 is 34.7 Å². The van der Waals surface area contributed by atoms with Crippen LogP contribution in [0.3, 0.4) is 0 Å². The van der Waals surface area contributed by atoms with E-state index in [1.54, 1.807) is 0 Å². The second-order valence-corrected chi connectivity index (χ2v) is 8.13. The van der Waals surface area contributed by atoms with Gasteiger partial charge in [0.1, 0.15) is 22.8 Å². The summed E-state index contributed by atoms with van der Waals surface area (Å²) in [5, 5.41) is 3.11. The molecule has 1 aromatic heterocycles. The molecule has 5 rings (SSSR count). The number of aryl methyl sites for hydroxylation is 2. The van der Waals surface area contributed by atoms with E-state index in [9.17, 15) is 23.2 Å². The largest absolute Gasteiger partial charge is 0.423 e. The van der Waals surface area contributed by atoms with Crippen LogP contribution in [-0.2, 0) is 29.7 Å².